The standard InChI is InChI=1S/C18H36N2O/c1-5-18(6-2)14-19-17(16-10-8-7-9-11-16)13-20(18)12-15(3)21-4/h15-17,19H,5-14H2,1-4H3. The number of hydrogen-bond donors (Lipinski definition) is 1. The maximum absolute atomic E-state index is 5.55. The number of nitrogens with one attached hydrogen (secondary N) is 1. The van der Waals surface area contributed by atoms with Gasteiger partial charge in [0.05, 0.1) is 6.10 Å². The number of ether oxygens (including phenoxy) is 1. The molecule has 2 fully saturated rings. The van der Waals surface area contributed by atoms with Crippen LogP contribution in [-0.4, -0.2) is 49.3 Å². The molecule has 2 atom stereocenters. The molecule has 21 heavy (non-hydrogen) atoms. The van der Waals surface area contributed by atoms with Crippen molar-refractivity contribution in [2.75, 3.05) is 26.7 Å². The van der Waals surface area contributed by atoms with Crippen LogP contribution in [0.1, 0.15) is 65.7 Å². The lowest BCUT2D eigenvalue weighted by atomic mass is 9.79. The number of nitrogens with zero attached hydrogens (tertiary/aromatic N) is 1. The molecule has 0 amide bonds. The van der Waals surface area contributed by atoms with Crippen molar-refractivity contribution in [2.24, 2.45) is 5.92 Å². The van der Waals surface area contributed by atoms with Crippen molar-refractivity contribution in [3.8, 4) is 0 Å². The van der Waals surface area contributed by atoms with Gasteiger partial charge in [0.1, 0.15) is 0 Å². The Bertz CT molecular complexity index is 298. The van der Waals surface area contributed by atoms with E-state index in [9.17, 15) is 0 Å². The Balaban J connectivity index is 2.04. The Labute approximate surface area is 131 Å². The van der Waals surface area contributed by atoms with Gasteiger partial charge in [0.2, 0.25) is 0 Å². The number of methoxy groups -OCH3 is 1. The number of rotatable bonds is 6. The highest BCUT2D eigenvalue weighted by molar-refractivity contribution is 4.99. The van der Waals surface area contributed by atoms with Gasteiger partial charge in [-0.2, -0.15) is 0 Å². The van der Waals surface area contributed by atoms with E-state index >= 15 is 0 Å². The molecule has 1 heterocycles. The Morgan fingerprint density at radius 3 is 2.43 bits per heavy atom. The van der Waals surface area contributed by atoms with E-state index in [4.69, 9.17) is 4.74 Å². The van der Waals surface area contributed by atoms with Crippen LogP contribution < -0.4 is 5.32 Å². The van der Waals surface area contributed by atoms with Gasteiger partial charge in [0.25, 0.3) is 0 Å². The molecule has 2 unspecified atom stereocenters. The van der Waals surface area contributed by atoms with Gasteiger partial charge in [-0.3, -0.25) is 4.90 Å². The first kappa shape index (κ1) is 17.2. The van der Waals surface area contributed by atoms with Crippen LogP contribution >= 0.6 is 0 Å². The summed E-state index contributed by atoms with van der Waals surface area (Å²) in [6.45, 7) is 10.3. The molecular weight excluding hydrogens is 260 g/mol. The molecule has 0 aromatic carbocycles. The van der Waals surface area contributed by atoms with E-state index in [1.54, 1.807) is 0 Å². The monoisotopic (exact) mass is 296 g/mol. The maximum Gasteiger partial charge on any atom is 0.0670 e. The molecule has 124 valence electrons. The minimum atomic E-state index is 0.326. The average molecular weight is 296 g/mol. The molecule has 2 rings (SSSR count). The van der Waals surface area contributed by atoms with Crippen molar-refractivity contribution in [3.05, 3.63) is 0 Å². The SMILES string of the molecule is CCC1(CC)CNC(C2CCCCC2)CN1CC(C)OC. The van der Waals surface area contributed by atoms with Crippen molar-refractivity contribution in [3.63, 3.8) is 0 Å². The normalized spacial score (nSPS) is 29.4. The van der Waals surface area contributed by atoms with Crippen LogP contribution in [0.15, 0.2) is 0 Å². The molecule has 3 heteroatoms. The molecule has 0 aromatic rings. The summed E-state index contributed by atoms with van der Waals surface area (Å²) in [5.74, 6) is 0.894. The highest BCUT2D eigenvalue weighted by Gasteiger charge is 2.41. The fraction of sp³-hybridized carbons (Fsp3) is 1.00. The number of piperazine rings is 1. The first-order valence-corrected chi connectivity index (χ1v) is 9.16. The van der Waals surface area contributed by atoms with Crippen LogP contribution in [0.5, 0.6) is 0 Å². The van der Waals surface area contributed by atoms with Crippen LogP contribution in [0.3, 0.4) is 0 Å². The molecule has 1 N–H and O–H groups in total. The Morgan fingerprint density at radius 2 is 1.86 bits per heavy atom. The van der Waals surface area contributed by atoms with Crippen molar-refractivity contribution in [1.82, 2.24) is 10.2 Å². The topological polar surface area (TPSA) is 24.5 Å². The van der Waals surface area contributed by atoms with E-state index in [1.165, 1.54) is 51.5 Å². The zero-order valence-corrected chi connectivity index (χ0v) is 14.7. The number of hydrogen-bond acceptors (Lipinski definition) is 3. The molecule has 1 aliphatic heterocycles. The van der Waals surface area contributed by atoms with E-state index in [1.807, 2.05) is 7.11 Å². The van der Waals surface area contributed by atoms with Crippen LogP contribution in [0.4, 0.5) is 0 Å². The lowest BCUT2D eigenvalue weighted by molar-refractivity contribution is -0.0222. The first-order chi connectivity index (χ1) is 10.1. The van der Waals surface area contributed by atoms with Crippen LogP contribution in [0.25, 0.3) is 0 Å². The second-order valence-corrected chi connectivity index (χ2v) is 7.27. The molecule has 0 radical (unpaired) electrons. The summed E-state index contributed by atoms with van der Waals surface area (Å²) in [7, 11) is 1.84. The first-order valence-electron chi connectivity index (χ1n) is 9.16. The zero-order valence-electron chi connectivity index (χ0n) is 14.7. The molecule has 1 aliphatic carbocycles. The lowest BCUT2D eigenvalue weighted by Gasteiger charge is -2.52. The van der Waals surface area contributed by atoms with Gasteiger partial charge in [-0.15, -0.1) is 0 Å². The van der Waals surface area contributed by atoms with Gasteiger partial charge >= 0.3 is 0 Å². The van der Waals surface area contributed by atoms with E-state index in [2.05, 4.69) is 31.0 Å². The fourth-order valence-corrected chi connectivity index (χ4v) is 4.38. The summed E-state index contributed by atoms with van der Waals surface area (Å²) in [6, 6.07) is 0.695. The van der Waals surface area contributed by atoms with E-state index in [0.29, 0.717) is 17.7 Å². The van der Waals surface area contributed by atoms with Crippen LogP contribution in [-0.2, 0) is 4.74 Å². The largest absolute Gasteiger partial charge is 0.380 e. The summed E-state index contributed by atoms with van der Waals surface area (Å²) >= 11 is 0. The molecule has 2 aliphatic rings. The summed E-state index contributed by atoms with van der Waals surface area (Å²) in [5, 5.41) is 3.92. The zero-order chi connectivity index (χ0) is 15.3. The predicted molar refractivity (Wildman–Crippen MR) is 89.7 cm³/mol. The highest BCUT2D eigenvalue weighted by Crippen LogP contribution is 2.33. The minimum absolute atomic E-state index is 0.326. The molecule has 1 saturated carbocycles. The maximum atomic E-state index is 5.55. The lowest BCUT2D eigenvalue weighted by Crippen LogP contribution is -2.66. The van der Waals surface area contributed by atoms with Crippen molar-refractivity contribution >= 4 is 0 Å². The van der Waals surface area contributed by atoms with E-state index in [-0.39, 0.29) is 0 Å². The minimum Gasteiger partial charge on any atom is -0.380 e. The predicted octanol–water partition coefficient (Wildman–Crippen LogP) is 3.43. The van der Waals surface area contributed by atoms with Gasteiger partial charge in [-0.1, -0.05) is 33.1 Å². The molecule has 0 spiro atoms. The van der Waals surface area contributed by atoms with Crippen LogP contribution in [0, 0.1) is 5.92 Å². The van der Waals surface area contributed by atoms with Gasteiger partial charge in [0, 0.05) is 38.3 Å². The van der Waals surface area contributed by atoms with E-state index < -0.39 is 0 Å². The third-order valence-corrected chi connectivity index (χ3v) is 6.20. The molecular formula is C18H36N2O. The Hall–Kier alpha value is -0.120. The quantitative estimate of drug-likeness (QED) is 0.812. The van der Waals surface area contributed by atoms with Gasteiger partial charge < -0.3 is 10.1 Å². The Morgan fingerprint density at radius 1 is 1.19 bits per heavy atom. The van der Waals surface area contributed by atoms with Gasteiger partial charge in [-0.25, -0.2) is 0 Å². The molecule has 0 aromatic heterocycles. The smallest absolute Gasteiger partial charge is 0.0670 e. The summed E-state index contributed by atoms with van der Waals surface area (Å²) in [5.41, 5.74) is 0.331. The van der Waals surface area contributed by atoms with Crippen molar-refractivity contribution in [1.29, 1.82) is 0 Å². The summed E-state index contributed by atoms with van der Waals surface area (Å²) in [4.78, 5) is 2.75. The highest BCUT2D eigenvalue weighted by atomic mass is 16.5. The van der Waals surface area contributed by atoms with Gasteiger partial charge in [-0.05, 0) is 38.5 Å². The van der Waals surface area contributed by atoms with Crippen molar-refractivity contribution in [2.45, 2.75) is 83.4 Å². The molecule has 3 nitrogen and oxygen atoms in total. The Kier molecular flexibility index (Phi) is 6.51. The fourth-order valence-electron chi connectivity index (χ4n) is 4.38. The summed E-state index contributed by atoms with van der Waals surface area (Å²) < 4.78 is 5.55. The third-order valence-electron chi connectivity index (χ3n) is 6.20. The molecule has 0 bridgehead atoms. The van der Waals surface area contributed by atoms with E-state index in [0.717, 1.165) is 19.0 Å². The third kappa shape index (κ3) is 4.00. The summed E-state index contributed by atoms with van der Waals surface area (Å²) in [6.07, 6.45) is 9.95. The van der Waals surface area contributed by atoms with Gasteiger partial charge in [0.15, 0.2) is 0 Å². The van der Waals surface area contributed by atoms with Crippen LogP contribution in [0.2, 0.25) is 0 Å². The average Bonchev–Trinajstić information content (AvgIpc) is 2.55. The second kappa shape index (κ2) is 7.94. The molecule has 1 saturated heterocycles. The van der Waals surface area contributed by atoms with Crippen molar-refractivity contribution < 1.29 is 4.74 Å². The second-order valence-electron chi connectivity index (χ2n) is 7.27.